The van der Waals surface area contributed by atoms with Crippen molar-refractivity contribution >= 4 is 34.9 Å². The van der Waals surface area contributed by atoms with Crippen molar-refractivity contribution in [2.45, 2.75) is 12.8 Å². The Labute approximate surface area is 163 Å². The van der Waals surface area contributed by atoms with Crippen LogP contribution in [0.3, 0.4) is 0 Å². The van der Waals surface area contributed by atoms with Crippen molar-refractivity contribution in [3.05, 3.63) is 59.7 Å². The summed E-state index contributed by atoms with van der Waals surface area (Å²) in [5, 5.41) is 14.8. The van der Waals surface area contributed by atoms with Crippen molar-refractivity contribution in [1.82, 2.24) is 0 Å². The van der Waals surface area contributed by atoms with E-state index in [1.165, 1.54) is 9.80 Å². The number of nitrogen functional groups attached to an aromatic ring is 2. The van der Waals surface area contributed by atoms with Crippen LogP contribution in [0, 0.1) is 10.8 Å². The van der Waals surface area contributed by atoms with Crippen molar-refractivity contribution < 1.29 is 9.59 Å². The number of hydrogen-bond acceptors (Lipinski definition) is 4. The fourth-order valence-corrected chi connectivity index (χ4v) is 2.57. The van der Waals surface area contributed by atoms with Gasteiger partial charge in [-0.15, -0.1) is 0 Å². The summed E-state index contributed by atoms with van der Waals surface area (Å²) < 4.78 is 0. The first-order valence-electron chi connectivity index (χ1n) is 8.62. The Bertz CT molecular complexity index is 814. The Hall–Kier alpha value is -3.68. The second-order valence-electron chi connectivity index (χ2n) is 6.33. The third kappa shape index (κ3) is 4.94. The molecule has 8 heteroatoms. The van der Waals surface area contributed by atoms with Crippen molar-refractivity contribution in [2.24, 2.45) is 11.5 Å². The highest BCUT2D eigenvalue weighted by Crippen LogP contribution is 2.17. The first kappa shape index (κ1) is 20.6. The number of amidine groups is 2. The van der Waals surface area contributed by atoms with Gasteiger partial charge in [0, 0.05) is 49.4 Å². The standard InChI is InChI=1S/C20H24N6O2/c1-25(15-7-3-13(4-8-15)19(21)22)17(27)11-12-18(28)26(2)16-9-5-14(6-10-16)20(23)24/h3-10H,11-12H2,1-2H3,(H3,21,22)(H3,23,24). The van der Waals surface area contributed by atoms with Crippen molar-refractivity contribution in [3.8, 4) is 0 Å². The molecule has 0 saturated carbocycles. The molecular formula is C20H24N6O2. The number of anilines is 2. The molecule has 0 atom stereocenters. The van der Waals surface area contributed by atoms with E-state index < -0.39 is 0 Å². The summed E-state index contributed by atoms with van der Waals surface area (Å²) in [5.74, 6) is -0.454. The van der Waals surface area contributed by atoms with E-state index in [9.17, 15) is 9.59 Å². The van der Waals surface area contributed by atoms with Gasteiger partial charge in [0.1, 0.15) is 11.7 Å². The Kier molecular flexibility index (Phi) is 6.49. The smallest absolute Gasteiger partial charge is 0.227 e. The number of nitrogens with zero attached hydrogens (tertiary/aromatic N) is 2. The monoisotopic (exact) mass is 380 g/mol. The van der Waals surface area contributed by atoms with Gasteiger partial charge in [0.05, 0.1) is 0 Å². The average molecular weight is 380 g/mol. The molecule has 0 saturated heterocycles. The van der Waals surface area contributed by atoms with E-state index in [0.717, 1.165) is 0 Å². The fourth-order valence-electron chi connectivity index (χ4n) is 2.57. The largest absolute Gasteiger partial charge is 0.384 e. The number of hydrogen-bond donors (Lipinski definition) is 4. The Morgan fingerprint density at radius 1 is 0.714 bits per heavy atom. The zero-order valence-corrected chi connectivity index (χ0v) is 15.9. The SMILES string of the molecule is CN(C(=O)CCC(=O)N(C)c1ccc(C(=N)N)cc1)c1ccc(C(=N)N)cc1. The zero-order chi connectivity index (χ0) is 20.8. The van der Waals surface area contributed by atoms with Gasteiger partial charge in [-0.1, -0.05) is 0 Å². The predicted octanol–water partition coefficient (Wildman–Crippen LogP) is 1.66. The molecule has 146 valence electrons. The van der Waals surface area contributed by atoms with Crippen LogP contribution in [0.1, 0.15) is 24.0 Å². The summed E-state index contributed by atoms with van der Waals surface area (Å²) in [4.78, 5) is 27.7. The van der Waals surface area contributed by atoms with E-state index in [4.69, 9.17) is 22.3 Å². The fraction of sp³-hybridized carbons (Fsp3) is 0.200. The summed E-state index contributed by atoms with van der Waals surface area (Å²) in [6.45, 7) is 0. The van der Waals surface area contributed by atoms with Crippen LogP contribution in [0.25, 0.3) is 0 Å². The number of carbonyl (C=O) groups excluding carboxylic acids is 2. The molecule has 8 nitrogen and oxygen atoms in total. The van der Waals surface area contributed by atoms with Gasteiger partial charge < -0.3 is 21.3 Å². The molecule has 0 radical (unpaired) electrons. The lowest BCUT2D eigenvalue weighted by molar-refractivity contribution is -0.123. The lowest BCUT2D eigenvalue weighted by atomic mass is 10.1. The predicted molar refractivity (Wildman–Crippen MR) is 111 cm³/mol. The third-order valence-corrected chi connectivity index (χ3v) is 4.43. The highest BCUT2D eigenvalue weighted by atomic mass is 16.2. The zero-order valence-electron chi connectivity index (χ0n) is 15.9. The third-order valence-electron chi connectivity index (χ3n) is 4.43. The van der Waals surface area contributed by atoms with E-state index in [1.807, 2.05) is 0 Å². The number of rotatable bonds is 7. The molecule has 0 unspecified atom stereocenters. The summed E-state index contributed by atoms with van der Waals surface area (Å²) >= 11 is 0. The minimum absolute atomic E-state index is 0.0366. The van der Waals surface area contributed by atoms with Crippen molar-refractivity contribution in [3.63, 3.8) is 0 Å². The van der Waals surface area contributed by atoms with Crippen molar-refractivity contribution in [2.75, 3.05) is 23.9 Å². The van der Waals surface area contributed by atoms with Gasteiger partial charge in [-0.25, -0.2) is 0 Å². The number of nitrogens with two attached hydrogens (primary N) is 2. The molecule has 28 heavy (non-hydrogen) atoms. The van der Waals surface area contributed by atoms with Crippen LogP contribution < -0.4 is 21.3 Å². The molecule has 0 aromatic heterocycles. The molecule has 0 aliphatic rings. The van der Waals surface area contributed by atoms with E-state index >= 15 is 0 Å². The maximum atomic E-state index is 12.4. The van der Waals surface area contributed by atoms with Gasteiger partial charge >= 0.3 is 0 Å². The van der Waals surface area contributed by atoms with Crippen LogP contribution in [0.5, 0.6) is 0 Å². The Morgan fingerprint density at radius 2 is 1.00 bits per heavy atom. The van der Waals surface area contributed by atoms with Gasteiger partial charge in [-0.2, -0.15) is 0 Å². The molecule has 0 bridgehead atoms. The van der Waals surface area contributed by atoms with Crippen LogP contribution >= 0.6 is 0 Å². The molecule has 0 heterocycles. The summed E-state index contributed by atoms with van der Waals surface area (Å²) in [6, 6.07) is 13.5. The Morgan fingerprint density at radius 3 is 1.25 bits per heavy atom. The molecular weight excluding hydrogens is 356 g/mol. The number of carbonyl (C=O) groups is 2. The molecule has 2 amide bonds. The van der Waals surface area contributed by atoms with E-state index in [0.29, 0.717) is 22.5 Å². The first-order valence-corrected chi connectivity index (χ1v) is 8.62. The van der Waals surface area contributed by atoms with Crippen LogP contribution in [0.2, 0.25) is 0 Å². The highest BCUT2D eigenvalue weighted by Gasteiger charge is 2.16. The highest BCUT2D eigenvalue weighted by molar-refractivity contribution is 6.00. The average Bonchev–Trinajstić information content (AvgIpc) is 2.70. The maximum Gasteiger partial charge on any atom is 0.227 e. The topological polar surface area (TPSA) is 140 Å². The van der Waals surface area contributed by atoms with Gasteiger partial charge in [-0.3, -0.25) is 20.4 Å². The molecule has 0 fully saturated rings. The van der Waals surface area contributed by atoms with Gasteiger partial charge in [0.25, 0.3) is 0 Å². The molecule has 2 aromatic carbocycles. The van der Waals surface area contributed by atoms with Crippen LogP contribution in [0.4, 0.5) is 11.4 Å². The minimum Gasteiger partial charge on any atom is -0.384 e. The molecule has 0 aliphatic carbocycles. The molecule has 2 aromatic rings. The van der Waals surface area contributed by atoms with Crippen molar-refractivity contribution in [1.29, 1.82) is 10.8 Å². The summed E-state index contributed by atoms with van der Waals surface area (Å²) in [6.07, 6.45) is 0.138. The Balaban J connectivity index is 1.94. The molecule has 0 spiro atoms. The number of benzene rings is 2. The summed E-state index contributed by atoms with van der Waals surface area (Å²) in [7, 11) is 3.28. The van der Waals surface area contributed by atoms with E-state index in [-0.39, 0.29) is 36.3 Å². The second kappa shape index (κ2) is 8.81. The maximum absolute atomic E-state index is 12.4. The second-order valence-corrected chi connectivity index (χ2v) is 6.33. The molecule has 6 N–H and O–H groups in total. The molecule has 0 aliphatic heterocycles. The van der Waals surface area contributed by atoms with Gasteiger partial charge in [-0.05, 0) is 48.5 Å². The van der Waals surface area contributed by atoms with Crippen LogP contribution in [-0.2, 0) is 9.59 Å². The number of nitrogens with one attached hydrogen (secondary N) is 2. The number of amides is 2. The van der Waals surface area contributed by atoms with Crippen LogP contribution in [0.15, 0.2) is 48.5 Å². The van der Waals surface area contributed by atoms with Crippen LogP contribution in [-0.4, -0.2) is 37.6 Å². The quantitative estimate of drug-likeness (QED) is 0.428. The normalized spacial score (nSPS) is 10.2. The molecule has 2 rings (SSSR count). The minimum atomic E-state index is -0.191. The lowest BCUT2D eigenvalue weighted by Crippen LogP contribution is -2.30. The van der Waals surface area contributed by atoms with E-state index in [1.54, 1.807) is 62.6 Å². The van der Waals surface area contributed by atoms with Gasteiger partial charge in [0.15, 0.2) is 0 Å². The van der Waals surface area contributed by atoms with E-state index in [2.05, 4.69) is 0 Å². The van der Waals surface area contributed by atoms with Gasteiger partial charge in [0.2, 0.25) is 11.8 Å². The summed E-state index contributed by atoms with van der Waals surface area (Å²) in [5.41, 5.74) is 13.3. The first-order chi connectivity index (χ1) is 13.2. The lowest BCUT2D eigenvalue weighted by Gasteiger charge is -2.20.